The van der Waals surface area contributed by atoms with Gasteiger partial charge < -0.3 is 14.9 Å². The summed E-state index contributed by atoms with van der Waals surface area (Å²) in [5.41, 5.74) is 0. The Hall–Kier alpha value is -0.620. The smallest absolute Gasteiger partial charge is 0.324 e. The quantitative estimate of drug-likeness (QED) is 0.589. The van der Waals surface area contributed by atoms with E-state index in [1.165, 1.54) is 0 Å². The molecule has 2 heterocycles. The fourth-order valence-corrected chi connectivity index (χ4v) is 3.92. The third kappa shape index (κ3) is 3.19. The third-order valence-electron chi connectivity index (χ3n) is 3.14. The second kappa shape index (κ2) is 5.82. The molecule has 0 saturated carbocycles. The first-order chi connectivity index (χ1) is 8.20. The molecule has 0 spiro atoms. The number of hydrogen-bond acceptors (Lipinski definition) is 4. The molecular weight excluding hydrogens is 264 g/mol. The molecule has 7 heteroatoms. The van der Waals surface area contributed by atoms with Gasteiger partial charge in [-0.25, -0.2) is 4.79 Å². The lowest BCUT2D eigenvalue weighted by molar-refractivity contribution is -0.134. The Morgan fingerprint density at radius 2 is 2.29 bits per heavy atom. The van der Waals surface area contributed by atoms with Crippen molar-refractivity contribution in [1.29, 1.82) is 0 Å². The second-order valence-electron chi connectivity index (χ2n) is 4.32. The van der Waals surface area contributed by atoms with Gasteiger partial charge >= 0.3 is 12.0 Å². The summed E-state index contributed by atoms with van der Waals surface area (Å²) < 4.78 is 4.07. The van der Waals surface area contributed by atoms with Gasteiger partial charge in [0, 0.05) is 17.4 Å². The van der Waals surface area contributed by atoms with Gasteiger partial charge in [0.15, 0.2) is 0 Å². The van der Waals surface area contributed by atoms with Gasteiger partial charge in [0.2, 0.25) is 0 Å². The highest BCUT2D eigenvalue weighted by molar-refractivity contribution is 8.00. The number of carbonyl (C=O) groups excluding carboxylic acids is 2. The summed E-state index contributed by atoms with van der Waals surface area (Å²) in [5, 5.41) is 6.29. The van der Waals surface area contributed by atoms with Crippen LogP contribution in [0.25, 0.3) is 0 Å². The van der Waals surface area contributed by atoms with Crippen molar-refractivity contribution in [1.82, 2.24) is 10.6 Å². The average molecular weight is 279 g/mol. The fraction of sp³-hybridized carbons (Fsp3) is 0.800. The Kier molecular flexibility index (Phi) is 4.39. The molecule has 0 bridgehead atoms. The van der Waals surface area contributed by atoms with Gasteiger partial charge in [-0.1, -0.05) is 6.42 Å². The minimum absolute atomic E-state index is 0.0592. The van der Waals surface area contributed by atoms with E-state index in [2.05, 4.69) is 14.9 Å². The molecule has 2 saturated heterocycles. The summed E-state index contributed by atoms with van der Waals surface area (Å²) >= 11 is 6.82. The summed E-state index contributed by atoms with van der Waals surface area (Å²) in [6, 6.07) is 0.453. The van der Waals surface area contributed by atoms with Crippen LogP contribution in [0.1, 0.15) is 25.7 Å². The number of fused-ring (bicyclic) bond motifs is 1. The first kappa shape index (κ1) is 12.8. The molecule has 0 aromatic carbocycles. The zero-order valence-electron chi connectivity index (χ0n) is 9.28. The average Bonchev–Trinajstić information content (AvgIpc) is 2.84. The van der Waals surface area contributed by atoms with Crippen molar-refractivity contribution in [3.8, 4) is 0 Å². The van der Waals surface area contributed by atoms with Crippen molar-refractivity contribution in [2.45, 2.75) is 43.0 Å². The first-order valence-electron chi connectivity index (χ1n) is 5.71. The molecule has 5 nitrogen and oxygen atoms in total. The number of halogens is 1. The maximum atomic E-state index is 11.2. The second-order valence-corrected chi connectivity index (χ2v) is 5.74. The Morgan fingerprint density at radius 3 is 3.06 bits per heavy atom. The lowest BCUT2D eigenvalue weighted by atomic mass is 10.0. The van der Waals surface area contributed by atoms with Gasteiger partial charge in [-0.2, -0.15) is 11.8 Å². The van der Waals surface area contributed by atoms with Crippen LogP contribution in [0.5, 0.6) is 0 Å². The SMILES string of the molecule is O=C1N[C@@H]2[C@@H](CS[C@@H]2CCCCC(=O)OCl)N1. The number of carbonyl (C=O) groups is 2. The van der Waals surface area contributed by atoms with Crippen LogP contribution in [0.2, 0.25) is 0 Å². The van der Waals surface area contributed by atoms with E-state index >= 15 is 0 Å². The van der Waals surface area contributed by atoms with Crippen LogP contribution < -0.4 is 10.6 Å². The highest BCUT2D eigenvalue weighted by Gasteiger charge is 2.42. The van der Waals surface area contributed by atoms with Crippen LogP contribution in [0.4, 0.5) is 4.79 Å². The molecule has 2 rings (SSSR count). The monoisotopic (exact) mass is 278 g/mol. The maximum Gasteiger partial charge on any atom is 0.324 e. The molecular formula is C10H15ClN2O3S. The van der Waals surface area contributed by atoms with E-state index in [-0.39, 0.29) is 24.1 Å². The molecule has 2 amide bonds. The molecule has 2 aliphatic heterocycles. The molecule has 0 aromatic heterocycles. The Balaban J connectivity index is 1.66. The van der Waals surface area contributed by atoms with E-state index in [0.29, 0.717) is 11.7 Å². The largest absolute Gasteiger partial charge is 0.348 e. The molecule has 0 radical (unpaired) electrons. The molecule has 0 unspecified atom stereocenters. The normalized spacial score (nSPS) is 30.6. The summed E-state index contributed by atoms with van der Waals surface area (Å²) in [4.78, 5) is 22.0. The number of urea groups is 1. The number of rotatable bonds is 5. The van der Waals surface area contributed by atoms with Gasteiger partial charge in [-0.15, -0.1) is 0 Å². The van der Waals surface area contributed by atoms with Crippen molar-refractivity contribution in [3.05, 3.63) is 0 Å². The van der Waals surface area contributed by atoms with Crippen LogP contribution in [-0.2, 0) is 9.08 Å². The summed E-state index contributed by atoms with van der Waals surface area (Å²) in [5.74, 6) is 0.595. The highest BCUT2D eigenvalue weighted by Crippen LogP contribution is 2.33. The van der Waals surface area contributed by atoms with Crippen molar-refractivity contribution in [3.63, 3.8) is 0 Å². The van der Waals surface area contributed by atoms with Gasteiger partial charge in [-0.05, 0) is 12.8 Å². The van der Waals surface area contributed by atoms with Gasteiger partial charge in [-0.3, -0.25) is 4.79 Å². The Labute approximate surface area is 109 Å². The first-order valence-corrected chi connectivity index (χ1v) is 7.06. The lowest BCUT2D eigenvalue weighted by Gasteiger charge is -2.16. The standard InChI is InChI=1S/C10H15ClN2O3S/c11-16-8(14)4-2-1-3-7-9-6(5-17-7)12-10(15)13-9/h6-7,9H,1-5H2,(H2,12,13,15)/t6-,7-,9-/m1/s1. The van der Waals surface area contributed by atoms with Crippen LogP contribution in [0, 0.1) is 0 Å². The zero-order chi connectivity index (χ0) is 12.3. The van der Waals surface area contributed by atoms with Gasteiger partial charge in [0.25, 0.3) is 0 Å². The number of unbranched alkanes of at least 4 members (excludes halogenated alkanes) is 1. The topological polar surface area (TPSA) is 67.4 Å². The molecule has 0 aliphatic carbocycles. The lowest BCUT2D eigenvalue weighted by Crippen LogP contribution is -2.36. The molecule has 3 atom stereocenters. The molecule has 17 heavy (non-hydrogen) atoms. The molecule has 96 valence electrons. The van der Waals surface area contributed by atoms with E-state index in [1.807, 2.05) is 11.8 Å². The molecule has 2 N–H and O–H groups in total. The minimum atomic E-state index is -0.376. The number of amides is 2. The Bertz CT molecular complexity index is 316. The van der Waals surface area contributed by atoms with Crippen LogP contribution >= 0.6 is 23.6 Å². The molecule has 0 aromatic rings. The van der Waals surface area contributed by atoms with Crippen LogP contribution in [0.3, 0.4) is 0 Å². The van der Waals surface area contributed by atoms with Crippen molar-refractivity contribution in [2.24, 2.45) is 0 Å². The zero-order valence-corrected chi connectivity index (χ0v) is 10.9. The summed E-state index contributed by atoms with van der Waals surface area (Å²) in [6.45, 7) is 0. The molecule has 2 fully saturated rings. The van der Waals surface area contributed by atoms with Gasteiger partial charge in [0.05, 0.1) is 12.1 Å². The number of thioether (sulfide) groups is 1. The molecule has 2 aliphatic rings. The van der Waals surface area contributed by atoms with E-state index in [1.54, 1.807) is 0 Å². The number of hydrogen-bond donors (Lipinski definition) is 2. The number of nitrogens with one attached hydrogen (secondary N) is 2. The highest BCUT2D eigenvalue weighted by atomic mass is 35.5. The third-order valence-corrected chi connectivity index (χ3v) is 4.82. The van der Waals surface area contributed by atoms with Crippen molar-refractivity contribution >= 4 is 35.6 Å². The van der Waals surface area contributed by atoms with E-state index in [0.717, 1.165) is 25.0 Å². The van der Waals surface area contributed by atoms with Crippen LogP contribution in [-0.4, -0.2) is 35.1 Å². The van der Waals surface area contributed by atoms with Crippen LogP contribution in [0.15, 0.2) is 0 Å². The summed E-state index contributed by atoms with van der Waals surface area (Å²) in [7, 11) is 0. The predicted molar refractivity (Wildman–Crippen MR) is 65.9 cm³/mol. The minimum Gasteiger partial charge on any atom is -0.348 e. The Morgan fingerprint density at radius 1 is 1.47 bits per heavy atom. The van der Waals surface area contributed by atoms with Gasteiger partial charge in [0.1, 0.15) is 11.9 Å². The van der Waals surface area contributed by atoms with E-state index in [9.17, 15) is 9.59 Å². The fourth-order valence-electron chi connectivity index (χ4n) is 2.30. The predicted octanol–water partition coefficient (Wildman–Crippen LogP) is 1.41. The van der Waals surface area contributed by atoms with E-state index in [4.69, 9.17) is 11.9 Å². The van der Waals surface area contributed by atoms with E-state index < -0.39 is 0 Å². The maximum absolute atomic E-state index is 11.2. The summed E-state index contributed by atoms with van der Waals surface area (Å²) in [6.07, 6.45) is 3.09. The van der Waals surface area contributed by atoms with Crippen molar-refractivity contribution in [2.75, 3.05) is 5.75 Å². The van der Waals surface area contributed by atoms with Crippen molar-refractivity contribution < 1.29 is 13.9 Å².